The van der Waals surface area contributed by atoms with Gasteiger partial charge in [0.15, 0.2) is 0 Å². The van der Waals surface area contributed by atoms with Crippen LogP contribution in [0.1, 0.15) is 18.4 Å². The summed E-state index contributed by atoms with van der Waals surface area (Å²) in [5.74, 6) is 0.886. The molecule has 4 aromatic rings. The number of hydrogen-bond donors (Lipinski definition) is 2. The SMILES string of the molecule is COc1cc2ccccc2cc1-c1[nH]c2c(Br)cccc2c1CCCCN. The number of unbranched alkanes of at least 4 members (excludes halogenated alkanes) is 1. The zero-order chi connectivity index (χ0) is 18.8. The first-order valence-corrected chi connectivity index (χ1v) is 10.1. The van der Waals surface area contributed by atoms with Gasteiger partial charge in [-0.05, 0) is 76.3 Å². The molecule has 138 valence electrons. The minimum atomic E-state index is 0.723. The predicted octanol–water partition coefficient (Wildman–Crippen LogP) is 6.04. The van der Waals surface area contributed by atoms with E-state index in [9.17, 15) is 0 Å². The average molecular weight is 423 g/mol. The molecule has 3 nitrogen and oxygen atoms in total. The number of methoxy groups -OCH3 is 1. The van der Waals surface area contributed by atoms with Gasteiger partial charge >= 0.3 is 0 Å². The van der Waals surface area contributed by atoms with Crippen LogP contribution in [-0.2, 0) is 6.42 Å². The molecule has 0 bridgehead atoms. The van der Waals surface area contributed by atoms with Crippen molar-refractivity contribution in [3.63, 3.8) is 0 Å². The van der Waals surface area contributed by atoms with Crippen LogP contribution in [0.2, 0.25) is 0 Å². The van der Waals surface area contributed by atoms with Crippen LogP contribution in [0.15, 0.2) is 59.1 Å². The molecule has 3 aromatic carbocycles. The molecule has 4 heteroatoms. The molecular weight excluding hydrogens is 400 g/mol. The fourth-order valence-corrected chi connectivity index (χ4v) is 4.22. The number of ether oxygens (including phenoxy) is 1. The second-order valence-electron chi connectivity index (χ2n) is 6.79. The molecule has 0 atom stereocenters. The van der Waals surface area contributed by atoms with Crippen LogP contribution in [0.3, 0.4) is 0 Å². The Hall–Kier alpha value is -2.30. The lowest BCUT2D eigenvalue weighted by molar-refractivity contribution is 0.417. The van der Waals surface area contributed by atoms with Gasteiger partial charge in [0.2, 0.25) is 0 Å². The number of rotatable bonds is 6. The van der Waals surface area contributed by atoms with Gasteiger partial charge in [-0.3, -0.25) is 0 Å². The highest BCUT2D eigenvalue weighted by Gasteiger charge is 2.18. The molecule has 0 spiro atoms. The summed E-state index contributed by atoms with van der Waals surface area (Å²) in [6.07, 6.45) is 3.08. The number of H-pyrrole nitrogens is 1. The molecule has 1 aromatic heterocycles. The van der Waals surface area contributed by atoms with Crippen LogP contribution in [0.25, 0.3) is 32.9 Å². The Labute approximate surface area is 167 Å². The van der Waals surface area contributed by atoms with E-state index in [1.807, 2.05) is 0 Å². The topological polar surface area (TPSA) is 51.0 Å². The molecule has 0 fully saturated rings. The van der Waals surface area contributed by atoms with Crippen molar-refractivity contribution in [1.29, 1.82) is 0 Å². The van der Waals surface area contributed by atoms with Gasteiger partial charge in [-0.15, -0.1) is 0 Å². The maximum atomic E-state index is 5.76. The highest BCUT2D eigenvalue weighted by Crippen LogP contribution is 2.40. The summed E-state index contributed by atoms with van der Waals surface area (Å²) in [5, 5.41) is 3.64. The van der Waals surface area contributed by atoms with Gasteiger partial charge in [0.25, 0.3) is 0 Å². The fourth-order valence-electron chi connectivity index (χ4n) is 3.76. The van der Waals surface area contributed by atoms with E-state index in [-0.39, 0.29) is 0 Å². The number of fused-ring (bicyclic) bond motifs is 2. The van der Waals surface area contributed by atoms with Crippen molar-refractivity contribution in [2.24, 2.45) is 5.73 Å². The first-order chi connectivity index (χ1) is 13.2. The number of benzene rings is 3. The molecule has 0 aliphatic carbocycles. The van der Waals surface area contributed by atoms with Crippen molar-refractivity contribution in [3.8, 4) is 17.0 Å². The third kappa shape index (κ3) is 3.35. The van der Waals surface area contributed by atoms with Gasteiger partial charge in [-0.25, -0.2) is 0 Å². The van der Waals surface area contributed by atoms with Crippen LogP contribution in [0.4, 0.5) is 0 Å². The molecule has 4 rings (SSSR count). The van der Waals surface area contributed by atoms with Gasteiger partial charge in [0.1, 0.15) is 5.75 Å². The summed E-state index contributed by atoms with van der Waals surface area (Å²) in [6, 6.07) is 19.1. The average Bonchev–Trinajstić information content (AvgIpc) is 3.07. The van der Waals surface area contributed by atoms with Gasteiger partial charge in [-0.2, -0.15) is 0 Å². The summed E-state index contributed by atoms with van der Waals surface area (Å²) in [4.78, 5) is 3.66. The molecule has 0 saturated carbocycles. The van der Waals surface area contributed by atoms with Crippen LogP contribution < -0.4 is 10.5 Å². The molecule has 0 aliphatic rings. The lowest BCUT2D eigenvalue weighted by Crippen LogP contribution is -1.99. The Bertz CT molecular complexity index is 1100. The van der Waals surface area contributed by atoms with E-state index in [0.29, 0.717) is 0 Å². The first-order valence-electron chi connectivity index (χ1n) is 9.29. The molecular formula is C23H23BrN2O. The number of aromatic amines is 1. The molecule has 0 unspecified atom stereocenters. The summed E-state index contributed by atoms with van der Waals surface area (Å²) >= 11 is 3.69. The summed E-state index contributed by atoms with van der Waals surface area (Å²) < 4.78 is 6.84. The number of para-hydroxylation sites is 1. The number of nitrogens with two attached hydrogens (primary N) is 1. The highest BCUT2D eigenvalue weighted by molar-refractivity contribution is 9.10. The first kappa shape index (κ1) is 18.1. The van der Waals surface area contributed by atoms with Crippen molar-refractivity contribution in [3.05, 3.63) is 64.6 Å². The van der Waals surface area contributed by atoms with Gasteiger partial charge < -0.3 is 15.5 Å². The smallest absolute Gasteiger partial charge is 0.128 e. The molecule has 3 N–H and O–H groups in total. The van der Waals surface area contributed by atoms with Crippen molar-refractivity contribution < 1.29 is 4.74 Å². The summed E-state index contributed by atoms with van der Waals surface area (Å²) in [7, 11) is 1.74. The van der Waals surface area contributed by atoms with Crippen LogP contribution >= 0.6 is 15.9 Å². The van der Waals surface area contributed by atoms with E-state index in [0.717, 1.165) is 52.8 Å². The Morgan fingerprint density at radius 1 is 1.00 bits per heavy atom. The van der Waals surface area contributed by atoms with Crippen molar-refractivity contribution in [2.45, 2.75) is 19.3 Å². The second kappa shape index (κ2) is 7.75. The standard InChI is InChI=1S/C23H23BrN2O/c1-27-21-14-16-8-3-2-7-15(16)13-19(21)22-17(9-4-5-12-25)18-10-6-11-20(24)23(18)26-22/h2-3,6-8,10-11,13-14,26H,4-5,9,12,25H2,1H3. The molecule has 1 heterocycles. The molecule has 27 heavy (non-hydrogen) atoms. The normalized spacial score (nSPS) is 11.4. The lowest BCUT2D eigenvalue weighted by atomic mass is 9.97. The van der Waals surface area contributed by atoms with Crippen molar-refractivity contribution in [2.75, 3.05) is 13.7 Å². The lowest BCUT2D eigenvalue weighted by Gasteiger charge is -2.12. The molecule has 0 saturated heterocycles. The number of aromatic nitrogens is 1. The van der Waals surface area contributed by atoms with Gasteiger partial charge in [0.05, 0.1) is 18.3 Å². The van der Waals surface area contributed by atoms with E-state index in [1.165, 1.54) is 21.7 Å². The zero-order valence-electron chi connectivity index (χ0n) is 15.4. The van der Waals surface area contributed by atoms with Crippen molar-refractivity contribution >= 4 is 37.6 Å². The van der Waals surface area contributed by atoms with E-state index in [2.05, 4.69) is 75.5 Å². The van der Waals surface area contributed by atoms with E-state index >= 15 is 0 Å². The zero-order valence-corrected chi connectivity index (χ0v) is 17.0. The number of hydrogen-bond acceptors (Lipinski definition) is 2. The number of halogens is 1. The third-order valence-corrected chi connectivity index (χ3v) is 5.77. The Balaban J connectivity index is 1.96. The minimum absolute atomic E-state index is 0.723. The molecule has 0 radical (unpaired) electrons. The van der Waals surface area contributed by atoms with Gasteiger partial charge in [-0.1, -0.05) is 36.4 Å². The van der Waals surface area contributed by atoms with Crippen molar-refractivity contribution in [1.82, 2.24) is 4.98 Å². The highest BCUT2D eigenvalue weighted by atomic mass is 79.9. The second-order valence-corrected chi connectivity index (χ2v) is 7.64. The Kier molecular flexibility index (Phi) is 5.19. The quantitative estimate of drug-likeness (QED) is 0.372. The summed E-state index contributed by atoms with van der Waals surface area (Å²) in [6.45, 7) is 0.723. The Morgan fingerprint density at radius 2 is 1.78 bits per heavy atom. The van der Waals surface area contributed by atoms with E-state index in [4.69, 9.17) is 10.5 Å². The van der Waals surface area contributed by atoms with E-state index in [1.54, 1.807) is 7.11 Å². The molecule has 0 aliphatic heterocycles. The third-order valence-electron chi connectivity index (χ3n) is 5.11. The molecule has 0 amide bonds. The van der Waals surface area contributed by atoms with E-state index < -0.39 is 0 Å². The minimum Gasteiger partial charge on any atom is -0.496 e. The summed E-state index contributed by atoms with van der Waals surface area (Å²) in [5.41, 5.74) is 10.4. The van der Waals surface area contributed by atoms with Gasteiger partial charge in [0, 0.05) is 15.4 Å². The fraction of sp³-hybridized carbons (Fsp3) is 0.217. The number of aryl methyl sites for hydroxylation is 1. The van der Waals surface area contributed by atoms with Crippen LogP contribution in [0, 0.1) is 0 Å². The maximum absolute atomic E-state index is 5.76. The number of nitrogens with one attached hydrogen (secondary N) is 1. The van der Waals surface area contributed by atoms with Crippen LogP contribution in [-0.4, -0.2) is 18.6 Å². The van der Waals surface area contributed by atoms with Crippen LogP contribution in [0.5, 0.6) is 5.75 Å². The predicted molar refractivity (Wildman–Crippen MR) is 117 cm³/mol. The Morgan fingerprint density at radius 3 is 2.52 bits per heavy atom. The largest absolute Gasteiger partial charge is 0.496 e. The monoisotopic (exact) mass is 422 g/mol. The maximum Gasteiger partial charge on any atom is 0.128 e.